The SMILES string of the molecule is COc1cc(CNCc2nccn2C)cc2c1OCO2. The molecule has 0 unspecified atom stereocenters. The third kappa shape index (κ3) is 2.42. The van der Waals surface area contributed by atoms with Crippen molar-refractivity contribution in [3.05, 3.63) is 35.9 Å². The molecular formula is C14H17N3O3. The molecule has 1 N–H and O–H groups in total. The number of nitrogens with one attached hydrogen (secondary N) is 1. The Bertz CT molecular complexity index is 610. The van der Waals surface area contributed by atoms with E-state index in [9.17, 15) is 0 Å². The summed E-state index contributed by atoms with van der Waals surface area (Å²) < 4.78 is 18.1. The molecule has 0 atom stereocenters. The molecule has 0 aliphatic carbocycles. The second kappa shape index (κ2) is 5.42. The van der Waals surface area contributed by atoms with Crippen LogP contribution in [0.5, 0.6) is 17.2 Å². The molecule has 1 aromatic heterocycles. The number of hydrogen-bond donors (Lipinski definition) is 1. The Hall–Kier alpha value is -2.21. The number of rotatable bonds is 5. The van der Waals surface area contributed by atoms with E-state index < -0.39 is 0 Å². The highest BCUT2D eigenvalue weighted by molar-refractivity contribution is 5.55. The summed E-state index contributed by atoms with van der Waals surface area (Å²) in [7, 11) is 3.61. The van der Waals surface area contributed by atoms with Crippen LogP contribution in [0.25, 0.3) is 0 Å². The van der Waals surface area contributed by atoms with Gasteiger partial charge in [0.1, 0.15) is 5.82 Å². The minimum Gasteiger partial charge on any atom is -0.493 e. The predicted octanol–water partition coefficient (Wildman–Crippen LogP) is 1.45. The van der Waals surface area contributed by atoms with Crippen LogP contribution in [0.4, 0.5) is 0 Å². The van der Waals surface area contributed by atoms with Crippen LogP contribution in [-0.4, -0.2) is 23.5 Å². The van der Waals surface area contributed by atoms with Crippen molar-refractivity contribution >= 4 is 0 Å². The second-order valence-corrected chi connectivity index (χ2v) is 4.59. The van der Waals surface area contributed by atoms with Gasteiger partial charge in [-0.3, -0.25) is 0 Å². The van der Waals surface area contributed by atoms with Crippen molar-refractivity contribution in [2.75, 3.05) is 13.9 Å². The minimum absolute atomic E-state index is 0.246. The summed E-state index contributed by atoms with van der Waals surface area (Å²) in [6.45, 7) is 1.66. The Balaban J connectivity index is 1.67. The topological polar surface area (TPSA) is 57.5 Å². The molecule has 0 saturated heterocycles. The molecule has 0 bridgehead atoms. The van der Waals surface area contributed by atoms with Crippen LogP contribution in [0, 0.1) is 0 Å². The van der Waals surface area contributed by atoms with Crippen LogP contribution in [0.1, 0.15) is 11.4 Å². The summed E-state index contributed by atoms with van der Waals surface area (Å²) >= 11 is 0. The van der Waals surface area contributed by atoms with E-state index in [0.29, 0.717) is 24.6 Å². The molecule has 6 heteroatoms. The molecule has 1 aliphatic heterocycles. The molecular weight excluding hydrogens is 258 g/mol. The highest BCUT2D eigenvalue weighted by atomic mass is 16.7. The summed E-state index contributed by atoms with van der Waals surface area (Å²) in [6.07, 6.45) is 3.72. The maximum Gasteiger partial charge on any atom is 0.231 e. The Morgan fingerprint density at radius 3 is 3.00 bits per heavy atom. The maximum atomic E-state index is 5.41. The minimum atomic E-state index is 0.246. The summed E-state index contributed by atoms with van der Waals surface area (Å²) in [6, 6.07) is 3.93. The van der Waals surface area contributed by atoms with Crippen LogP contribution in [0.3, 0.4) is 0 Å². The predicted molar refractivity (Wildman–Crippen MR) is 72.9 cm³/mol. The van der Waals surface area contributed by atoms with Gasteiger partial charge in [-0.2, -0.15) is 0 Å². The van der Waals surface area contributed by atoms with Gasteiger partial charge in [0.2, 0.25) is 12.5 Å². The van der Waals surface area contributed by atoms with Crippen LogP contribution in [0.15, 0.2) is 24.5 Å². The van der Waals surface area contributed by atoms with Gasteiger partial charge < -0.3 is 24.1 Å². The van der Waals surface area contributed by atoms with E-state index in [4.69, 9.17) is 14.2 Å². The molecule has 106 valence electrons. The first-order valence-corrected chi connectivity index (χ1v) is 6.41. The van der Waals surface area contributed by atoms with E-state index in [1.165, 1.54) is 0 Å². The normalized spacial score (nSPS) is 12.7. The number of imidazole rings is 1. The van der Waals surface area contributed by atoms with Crippen LogP contribution in [-0.2, 0) is 20.1 Å². The van der Waals surface area contributed by atoms with Crippen molar-refractivity contribution in [2.45, 2.75) is 13.1 Å². The first kappa shape index (κ1) is 12.8. The lowest BCUT2D eigenvalue weighted by atomic mass is 10.2. The Labute approximate surface area is 117 Å². The molecule has 2 aromatic rings. The molecule has 0 radical (unpaired) electrons. The van der Waals surface area contributed by atoms with Crippen LogP contribution in [0.2, 0.25) is 0 Å². The molecule has 0 spiro atoms. The van der Waals surface area contributed by atoms with Crippen LogP contribution >= 0.6 is 0 Å². The standard InChI is InChI=1S/C14H17N3O3/c1-17-4-3-16-13(17)8-15-7-10-5-11(18-2)14-12(6-10)19-9-20-14/h3-6,15H,7-9H2,1-2H3. The maximum absolute atomic E-state index is 5.41. The van der Waals surface area contributed by atoms with Crippen LogP contribution < -0.4 is 19.5 Å². The molecule has 1 aromatic carbocycles. The lowest BCUT2D eigenvalue weighted by Crippen LogP contribution is -2.15. The van der Waals surface area contributed by atoms with Crippen molar-refractivity contribution in [3.63, 3.8) is 0 Å². The monoisotopic (exact) mass is 275 g/mol. The zero-order valence-corrected chi connectivity index (χ0v) is 11.5. The summed E-state index contributed by atoms with van der Waals surface area (Å²) in [5, 5.41) is 3.35. The van der Waals surface area contributed by atoms with Gasteiger partial charge in [0.05, 0.1) is 13.7 Å². The number of methoxy groups -OCH3 is 1. The number of aromatic nitrogens is 2. The molecule has 0 amide bonds. The number of fused-ring (bicyclic) bond motifs is 1. The van der Waals surface area contributed by atoms with Gasteiger partial charge in [-0.05, 0) is 17.7 Å². The van der Waals surface area contributed by atoms with E-state index in [1.807, 2.05) is 29.9 Å². The molecule has 3 rings (SSSR count). The van der Waals surface area contributed by atoms with Gasteiger partial charge in [-0.1, -0.05) is 0 Å². The largest absolute Gasteiger partial charge is 0.493 e. The Kier molecular flexibility index (Phi) is 3.47. The van der Waals surface area contributed by atoms with E-state index >= 15 is 0 Å². The molecule has 6 nitrogen and oxygen atoms in total. The molecule has 20 heavy (non-hydrogen) atoms. The average molecular weight is 275 g/mol. The smallest absolute Gasteiger partial charge is 0.231 e. The third-order valence-electron chi connectivity index (χ3n) is 3.25. The lowest BCUT2D eigenvalue weighted by molar-refractivity contribution is 0.171. The zero-order valence-electron chi connectivity index (χ0n) is 11.5. The van der Waals surface area contributed by atoms with Gasteiger partial charge >= 0.3 is 0 Å². The lowest BCUT2D eigenvalue weighted by Gasteiger charge is -2.09. The fourth-order valence-electron chi connectivity index (χ4n) is 2.17. The van der Waals surface area contributed by atoms with E-state index in [-0.39, 0.29) is 6.79 Å². The molecule has 2 heterocycles. The van der Waals surface area contributed by atoms with Gasteiger partial charge in [0.15, 0.2) is 11.5 Å². The quantitative estimate of drug-likeness (QED) is 0.895. The zero-order chi connectivity index (χ0) is 13.9. The van der Waals surface area contributed by atoms with E-state index in [0.717, 1.165) is 17.1 Å². The van der Waals surface area contributed by atoms with Gasteiger partial charge in [0, 0.05) is 26.0 Å². The van der Waals surface area contributed by atoms with Crippen molar-refractivity contribution in [1.29, 1.82) is 0 Å². The van der Waals surface area contributed by atoms with Gasteiger partial charge in [-0.25, -0.2) is 4.98 Å². The van der Waals surface area contributed by atoms with E-state index in [2.05, 4.69) is 10.3 Å². The number of nitrogens with zero attached hydrogens (tertiary/aromatic N) is 2. The Morgan fingerprint density at radius 1 is 1.35 bits per heavy atom. The first-order chi connectivity index (χ1) is 9.78. The van der Waals surface area contributed by atoms with Crippen molar-refractivity contribution < 1.29 is 14.2 Å². The third-order valence-corrected chi connectivity index (χ3v) is 3.25. The van der Waals surface area contributed by atoms with Crippen molar-refractivity contribution in [2.24, 2.45) is 7.05 Å². The summed E-state index contributed by atoms with van der Waals surface area (Å²) in [4.78, 5) is 4.27. The number of aryl methyl sites for hydroxylation is 1. The highest BCUT2D eigenvalue weighted by Crippen LogP contribution is 2.41. The molecule has 0 fully saturated rings. The van der Waals surface area contributed by atoms with Gasteiger partial charge in [0.25, 0.3) is 0 Å². The number of hydrogen-bond acceptors (Lipinski definition) is 5. The summed E-state index contributed by atoms with van der Waals surface area (Å²) in [5.74, 6) is 3.12. The number of benzene rings is 1. The average Bonchev–Trinajstić information content (AvgIpc) is 3.07. The second-order valence-electron chi connectivity index (χ2n) is 4.59. The first-order valence-electron chi connectivity index (χ1n) is 6.41. The molecule has 0 saturated carbocycles. The van der Waals surface area contributed by atoms with Crippen molar-refractivity contribution in [3.8, 4) is 17.2 Å². The molecule has 1 aliphatic rings. The van der Waals surface area contributed by atoms with Crippen molar-refractivity contribution in [1.82, 2.24) is 14.9 Å². The van der Waals surface area contributed by atoms with Gasteiger partial charge in [-0.15, -0.1) is 0 Å². The Morgan fingerprint density at radius 2 is 2.25 bits per heavy atom. The number of ether oxygens (including phenoxy) is 3. The van der Waals surface area contributed by atoms with E-state index in [1.54, 1.807) is 13.3 Å². The summed E-state index contributed by atoms with van der Waals surface area (Å²) in [5.41, 5.74) is 1.08. The highest BCUT2D eigenvalue weighted by Gasteiger charge is 2.19. The fraction of sp³-hybridized carbons (Fsp3) is 0.357. The fourth-order valence-corrected chi connectivity index (χ4v) is 2.17.